The van der Waals surface area contributed by atoms with Crippen molar-refractivity contribution in [3.63, 3.8) is 0 Å². The molecule has 0 heterocycles. The second-order valence-corrected chi connectivity index (χ2v) is 3.54. The molecule has 0 spiro atoms. The molecule has 0 bridgehead atoms. The molecular formula is C11H14ClNO. The summed E-state index contributed by atoms with van der Waals surface area (Å²) in [6, 6.07) is 3.64. The minimum atomic E-state index is 0.164. The highest BCUT2D eigenvalue weighted by atomic mass is 35.5. The van der Waals surface area contributed by atoms with Crippen LogP contribution in [0.25, 0.3) is 6.08 Å². The van der Waals surface area contributed by atoms with Gasteiger partial charge >= 0.3 is 0 Å². The third-order valence-electron chi connectivity index (χ3n) is 1.91. The van der Waals surface area contributed by atoms with Gasteiger partial charge in [-0.25, -0.2) is 0 Å². The monoisotopic (exact) mass is 211 g/mol. The smallest absolute Gasteiger partial charge is 0.137 e. The zero-order valence-corrected chi connectivity index (χ0v) is 9.10. The van der Waals surface area contributed by atoms with Gasteiger partial charge in [0.05, 0.1) is 5.02 Å². The number of rotatable bonds is 3. The number of phenolic OH excluding ortho intramolecular Hbond substituents is 1. The molecule has 1 aromatic carbocycles. The van der Waals surface area contributed by atoms with E-state index in [0.29, 0.717) is 5.02 Å². The van der Waals surface area contributed by atoms with Gasteiger partial charge in [0.2, 0.25) is 0 Å². The molecule has 0 unspecified atom stereocenters. The molecule has 0 fully saturated rings. The molecule has 0 aliphatic rings. The maximum absolute atomic E-state index is 9.43. The number of likely N-dealkylation sites (N-methyl/N-ethyl adjacent to an activating group) is 1. The van der Waals surface area contributed by atoms with Crippen molar-refractivity contribution in [3.05, 3.63) is 34.4 Å². The second-order valence-electron chi connectivity index (χ2n) is 3.13. The number of nitrogens with one attached hydrogen (secondary N) is 1. The van der Waals surface area contributed by atoms with Crippen molar-refractivity contribution in [1.29, 1.82) is 0 Å². The normalized spacial score (nSPS) is 11.1. The lowest BCUT2D eigenvalue weighted by atomic mass is 10.1. The maximum Gasteiger partial charge on any atom is 0.137 e. The summed E-state index contributed by atoms with van der Waals surface area (Å²) in [7, 11) is 1.89. The predicted octanol–water partition coefficient (Wildman–Crippen LogP) is 2.59. The largest absolute Gasteiger partial charge is 0.506 e. The van der Waals surface area contributed by atoms with Crippen LogP contribution in [0.5, 0.6) is 5.75 Å². The predicted molar refractivity (Wildman–Crippen MR) is 60.8 cm³/mol. The second kappa shape index (κ2) is 5.03. The molecule has 3 heteroatoms. The van der Waals surface area contributed by atoms with Crippen LogP contribution in [0.3, 0.4) is 0 Å². The summed E-state index contributed by atoms with van der Waals surface area (Å²) in [6.07, 6.45) is 3.97. The van der Waals surface area contributed by atoms with Crippen LogP contribution in [0.4, 0.5) is 0 Å². The SMILES string of the molecule is CNCC=Cc1cc(C)c(O)c(Cl)c1. The molecule has 2 nitrogen and oxygen atoms in total. The molecule has 76 valence electrons. The average Bonchev–Trinajstić information content (AvgIpc) is 2.14. The van der Waals surface area contributed by atoms with Crippen molar-refractivity contribution >= 4 is 17.7 Å². The summed E-state index contributed by atoms with van der Waals surface area (Å²) in [6.45, 7) is 2.65. The van der Waals surface area contributed by atoms with E-state index >= 15 is 0 Å². The molecule has 0 amide bonds. The molecule has 0 saturated carbocycles. The number of hydrogen-bond acceptors (Lipinski definition) is 2. The summed E-state index contributed by atoms with van der Waals surface area (Å²) >= 11 is 5.83. The van der Waals surface area contributed by atoms with Gasteiger partial charge in [-0.2, -0.15) is 0 Å². The zero-order valence-electron chi connectivity index (χ0n) is 8.34. The fourth-order valence-corrected chi connectivity index (χ4v) is 1.45. The first kappa shape index (κ1) is 11.1. The number of aryl methyl sites for hydroxylation is 1. The van der Waals surface area contributed by atoms with Gasteiger partial charge in [-0.3, -0.25) is 0 Å². The lowest BCUT2D eigenvalue weighted by Gasteiger charge is -2.03. The Balaban J connectivity index is 2.89. The fourth-order valence-electron chi connectivity index (χ4n) is 1.17. The number of phenols is 1. The Morgan fingerprint density at radius 3 is 2.79 bits per heavy atom. The van der Waals surface area contributed by atoms with Crippen LogP contribution in [-0.2, 0) is 0 Å². The molecule has 1 rings (SSSR count). The molecule has 0 radical (unpaired) electrons. The Bertz CT molecular complexity index is 324. The topological polar surface area (TPSA) is 32.3 Å². The van der Waals surface area contributed by atoms with Gasteiger partial charge < -0.3 is 10.4 Å². The van der Waals surface area contributed by atoms with Crippen LogP contribution >= 0.6 is 11.6 Å². The number of halogens is 1. The van der Waals surface area contributed by atoms with E-state index in [2.05, 4.69) is 5.32 Å². The number of benzene rings is 1. The number of aromatic hydroxyl groups is 1. The van der Waals surface area contributed by atoms with Crippen LogP contribution in [0.1, 0.15) is 11.1 Å². The molecule has 0 aliphatic carbocycles. The first-order valence-electron chi connectivity index (χ1n) is 4.45. The first-order chi connectivity index (χ1) is 6.65. The molecule has 0 saturated heterocycles. The Hall–Kier alpha value is -0.990. The van der Waals surface area contributed by atoms with E-state index in [1.165, 1.54) is 0 Å². The van der Waals surface area contributed by atoms with Crippen LogP contribution in [0.2, 0.25) is 5.02 Å². The molecule has 0 atom stereocenters. The van der Waals surface area contributed by atoms with E-state index in [-0.39, 0.29) is 5.75 Å². The van der Waals surface area contributed by atoms with Crippen molar-refractivity contribution in [1.82, 2.24) is 5.32 Å². The summed E-state index contributed by atoms with van der Waals surface area (Å²) < 4.78 is 0. The van der Waals surface area contributed by atoms with Gasteiger partial charge in [-0.05, 0) is 37.2 Å². The summed E-state index contributed by atoms with van der Waals surface area (Å²) in [5, 5.41) is 12.8. The third kappa shape index (κ3) is 2.76. The zero-order chi connectivity index (χ0) is 10.6. The van der Waals surface area contributed by atoms with Crippen LogP contribution in [0.15, 0.2) is 18.2 Å². The summed E-state index contributed by atoms with van der Waals surface area (Å²) in [5.41, 5.74) is 1.79. The van der Waals surface area contributed by atoms with E-state index in [1.807, 2.05) is 32.2 Å². The van der Waals surface area contributed by atoms with E-state index < -0.39 is 0 Å². The molecule has 14 heavy (non-hydrogen) atoms. The molecule has 0 aliphatic heterocycles. The fraction of sp³-hybridized carbons (Fsp3) is 0.273. The van der Waals surface area contributed by atoms with Crippen LogP contribution in [-0.4, -0.2) is 18.7 Å². The van der Waals surface area contributed by atoms with E-state index in [0.717, 1.165) is 17.7 Å². The van der Waals surface area contributed by atoms with Gasteiger partial charge in [-0.1, -0.05) is 23.8 Å². The van der Waals surface area contributed by atoms with Crippen molar-refractivity contribution in [2.24, 2.45) is 0 Å². The summed E-state index contributed by atoms with van der Waals surface area (Å²) in [5.74, 6) is 0.164. The van der Waals surface area contributed by atoms with Crippen LogP contribution < -0.4 is 5.32 Å². The van der Waals surface area contributed by atoms with Crippen molar-refractivity contribution in [2.45, 2.75) is 6.92 Å². The van der Waals surface area contributed by atoms with Gasteiger partial charge in [0.1, 0.15) is 5.75 Å². The van der Waals surface area contributed by atoms with Gasteiger partial charge in [0.25, 0.3) is 0 Å². The first-order valence-corrected chi connectivity index (χ1v) is 4.83. The van der Waals surface area contributed by atoms with Crippen molar-refractivity contribution < 1.29 is 5.11 Å². The highest BCUT2D eigenvalue weighted by Gasteiger charge is 2.02. The summed E-state index contributed by atoms with van der Waals surface area (Å²) in [4.78, 5) is 0. The van der Waals surface area contributed by atoms with E-state index in [9.17, 15) is 5.11 Å². The van der Waals surface area contributed by atoms with E-state index in [1.54, 1.807) is 6.07 Å². The van der Waals surface area contributed by atoms with Crippen molar-refractivity contribution in [2.75, 3.05) is 13.6 Å². The quantitative estimate of drug-likeness (QED) is 0.806. The Labute approximate surface area is 89.2 Å². The minimum absolute atomic E-state index is 0.164. The average molecular weight is 212 g/mol. The third-order valence-corrected chi connectivity index (χ3v) is 2.20. The van der Waals surface area contributed by atoms with Gasteiger partial charge in [-0.15, -0.1) is 0 Å². The highest BCUT2D eigenvalue weighted by molar-refractivity contribution is 6.32. The van der Waals surface area contributed by atoms with E-state index in [4.69, 9.17) is 11.6 Å². The van der Waals surface area contributed by atoms with Gasteiger partial charge in [0, 0.05) is 6.54 Å². The lowest BCUT2D eigenvalue weighted by Crippen LogP contribution is -2.03. The Morgan fingerprint density at radius 2 is 2.21 bits per heavy atom. The standard InChI is InChI=1S/C11H14ClNO/c1-8-6-9(4-3-5-13-2)7-10(12)11(8)14/h3-4,6-7,13-14H,5H2,1-2H3. The molecule has 0 aromatic heterocycles. The lowest BCUT2D eigenvalue weighted by molar-refractivity contribution is 0.471. The Morgan fingerprint density at radius 1 is 1.50 bits per heavy atom. The highest BCUT2D eigenvalue weighted by Crippen LogP contribution is 2.28. The van der Waals surface area contributed by atoms with Crippen LogP contribution in [0, 0.1) is 6.92 Å². The Kier molecular flexibility index (Phi) is 3.98. The molecule has 1 aromatic rings. The van der Waals surface area contributed by atoms with Crippen molar-refractivity contribution in [3.8, 4) is 5.75 Å². The number of hydrogen-bond donors (Lipinski definition) is 2. The minimum Gasteiger partial charge on any atom is -0.506 e. The molecular weight excluding hydrogens is 198 g/mol. The van der Waals surface area contributed by atoms with Gasteiger partial charge in [0.15, 0.2) is 0 Å². The molecule has 2 N–H and O–H groups in total. The maximum atomic E-state index is 9.43.